The Morgan fingerprint density at radius 3 is 2.61 bits per heavy atom. The highest BCUT2D eigenvalue weighted by molar-refractivity contribution is 5.95. The third-order valence-electron chi connectivity index (χ3n) is 5.69. The van der Waals surface area contributed by atoms with E-state index in [9.17, 15) is 9.59 Å². The molecule has 2 saturated heterocycles. The molecule has 0 aliphatic carbocycles. The van der Waals surface area contributed by atoms with Gasteiger partial charge in [0.2, 0.25) is 5.91 Å². The van der Waals surface area contributed by atoms with Gasteiger partial charge in [0.1, 0.15) is 0 Å². The number of nitrogens with zero attached hydrogens (tertiary/aromatic N) is 2. The van der Waals surface area contributed by atoms with Crippen molar-refractivity contribution in [2.24, 2.45) is 5.92 Å². The third-order valence-corrected chi connectivity index (χ3v) is 5.69. The van der Waals surface area contributed by atoms with E-state index in [1.165, 1.54) is 0 Å². The lowest BCUT2D eigenvalue weighted by Crippen LogP contribution is -2.49. The molecular weight excluding hydrogens is 358 g/mol. The Bertz CT molecular complexity index is 669. The number of amides is 2. The molecule has 3 heterocycles. The van der Waals surface area contributed by atoms with E-state index in [1.807, 2.05) is 20.8 Å². The molecule has 1 aromatic rings. The molecule has 8 nitrogen and oxygen atoms in total. The Kier molecular flexibility index (Phi) is 7.07. The molecule has 2 aliphatic heterocycles. The minimum atomic E-state index is -0.103. The first-order chi connectivity index (χ1) is 13.4. The van der Waals surface area contributed by atoms with Crippen molar-refractivity contribution in [2.45, 2.75) is 64.6 Å². The number of likely N-dealkylation sites (tertiary alicyclic amines) is 1. The lowest BCUT2D eigenvalue weighted by molar-refractivity contribution is -0.126. The zero-order chi connectivity index (χ0) is 20.1. The molecule has 3 N–H and O–H groups in total. The average Bonchev–Trinajstić information content (AvgIpc) is 2.98. The van der Waals surface area contributed by atoms with E-state index in [0.717, 1.165) is 57.7 Å². The Hall–Kier alpha value is -1.93. The van der Waals surface area contributed by atoms with Crippen LogP contribution in [0.3, 0.4) is 0 Å². The summed E-state index contributed by atoms with van der Waals surface area (Å²) in [4.78, 5) is 27.7. The van der Waals surface area contributed by atoms with Crippen molar-refractivity contribution in [3.8, 4) is 0 Å². The van der Waals surface area contributed by atoms with E-state index in [-0.39, 0.29) is 29.8 Å². The quantitative estimate of drug-likeness (QED) is 0.701. The van der Waals surface area contributed by atoms with Crippen LogP contribution in [0.2, 0.25) is 0 Å². The number of aryl methyl sites for hydroxylation is 1. The van der Waals surface area contributed by atoms with Crippen molar-refractivity contribution in [1.82, 2.24) is 25.7 Å². The number of aromatic nitrogens is 2. The minimum Gasteiger partial charge on any atom is -0.381 e. The predicted octanol–water partition coefficient (Wildman–Crippen LogP) is 1.23. The maximum absolute atomic E-state index is 12.7. The van der Waals surface area contributed by atoms with Crippen LogP contribution in [0.4, 0.5) is 0 Å². The average molecular weight is 392 g/mol. The van der Waals surface area contributed by atoms with Gasteiger partial charge in [-0.2, -0.15) is 5.10 Å². The fourth-order valence-electron chi connectivity index (χ4n) is 4.15. The number of H-pyrrole nitrogens is 1. The molecular formula is C20H33N5O3. The number of nitrogens with one attached hydrogen (secondary N) is 3. The largest absolute Gasteiger partial charge is 0.381 e. The van der Waals surface area contributed by atoms with Gasteiger partial charge in [0.15, 0.2) is 0 Å². The second kappa shape index (κ2) is 9.52. The van der Waals surface area contributed by atoms with E-state index in [2.05, 4.69) is 25.7 Å². The lowest BCUT2D eigenvalue weighted by atomic mass is 10.00. The number of aromatic amines is 1. The van der Waals surface area contributed by atoms with Crippen LogP contribution in [0, 0.1) is 12.8 Å². The molecule has 1 aromatic heterocycles. The summed E-state index contributed by atoms with van der Waals surface area (Å²) in [7, 11) is 0. The summed E-state index contributed by atoms with van der Waals surface area (Å²) < 4.78 is 5.52. The van der Waals surface area contributed by atoms with Crippen molar-refractivity contribution in [1.29, 1.82) is 0 Å². The highest BCUT2D eigenvalue weighted by Crippen LogP contribution is 2.23. The maximum Gasteiger partial charge on any atom is 0.254 e. The molecule has 0 bridgehead atoms. The zero-order valence-corrected chi connectivity index (χ0v) is 17.2. The topological polar surface area (TPSA) is 99.3 Å². The molecule has 0 aromatic carbocycles. The Morgan fingerprint density at radius 1 is 1.21 bits per heavy atom. The van der Waals surface area contributed by atoms with Crippen LogP contribution in [0.1, 0.15) is 55.6 Å². The van der Waals surface area contributed by atoms with E-state index in [0.29, 0.717) is 11.6 Å². The van der Waals surface area contributed by atoms with Gasteiger partial charge >= 0.3 is 0 Å². The third kappa shape index (κ3) is 5.32. The van der Waals surface area contributed by atoms with Crippen molar-refractivity contribution >= 4 is 11.8 Å². The van der Waals surface area contributed by atoms with Crippen molar-refractivity contribution in [2.75, 3.05) is 26.3 Å². The summed E-state index contributed by atoms with van der Waals surface area (Å²) in [6, 6.07) is 0.546. The van der Waals surface area contributed by atoms with Crippen LogP contribution in [0.25, 0.3) is 0 Å². The van der Waals surface area contributed by atoms with Gasteiger partial charge in [-0.15, -0.1) is 0 Å². The Balaban J connectivity index is 1.70. The molecule has 3 rings (SSSR count). The molecule has 156 valence electrons. The number of carbonyl (C=O) groups is 2. The monoisotopic (exact) mass is 391 g/mol. The summed E-state index contributed by atoms with van der Waals surface area (Å²) in [5, 5.41) is 13.0. The second-order valence-corrected chi connectivity index (χ2v) is 8.31. The van der Waals surface area contributed by atoms with Gasteiger partial charge in [0.25, 0.3) is 5.91 Å². The number of rotatable bonds is 5. The molecule has 8 heteroatoms. The van der Waals surface area contributed by atoms with Gasteiger partial charge in [-0.05, 0) is 46.5 Å². The lowest BCUT2D eigenvalue weighted by Gasteiger charge is -2.36. The van der Waals surface area contributed by atoms with Gasteiger partial charge in [-0.25, -0.2) is 0 Å². The number of carbonyl (C=O) groups excluding carboxylic acids is 2. The van der Waals surface area contributed by atoms with E-state index >= 15 is 0 Å². The van der Waals surface area contributed by atoms with Crippen LogP contribution in [0.5, 0.6) is 0 Å². The van der Waals surface area contributed by atoms with Gasteiger partial charge in [0, 0.05) is 50.1 Å². The second-order valence-electron chi connectivity index (χ2n) is 8.31. The van der Waals surface area contributed by atoms with Crippen LogP contribution in [0.15, 0.2) is 6.20 Å². The van der Waals surface area contributed by atoms with Crippen LogP contribution in [-0.4, -0.2) is 71.3 Å². The number of ether oxygens (including phenoxy) is 1. The molecule has 2 fully saturated rings. The fraction of sp³-hybridized carbons (Fsp3) is 0.750. The van der Waals surface area contributed by atoms with E-state index < -0.39 is 0 Å². The predicted molar refractivity (Wildman–Crippen MR) is 106 cm³/mol. The smallest absolute Gasteiger partial charge is 0.254 e. The molecule has 2 amide bonds. The first-order valence-corrected chi connectivity index (χ1v) is 10.4. The molecule has 0 saturated carbocycles. The molecule has 0 spiro atoms. The normalized spacial score (nSPS) is 24.7. The zero-order valence-electron chi connectivity index (χ0n) is 17.2. The van der Waals surface area contributed by atoms with Gasteiger partial charge in [-0.3, -0.25) is 19.6 Å². The first kappa shape index (κ1) is 20.8. The van der Waals surface area contributed by atoms with E-state index in [1.54, 1.807) is 6.20 Å². The summed E-state index contributed by atoms with van der Waals surface area (Å²) in [6.07, 6.45) is 5.07. The summed E-state index contributed by atoms with van der Waals surface area (Å²) in [5.41, 5.74) is 1.34. The standard InChI is InChI=1S/C20H33N5O3/c1-13(2)22-19(26)15-4-5-16(23-20(27)18-10-21-24-14(18)3)12-25(11-15)17-6-8-28-9-7-17/h10,13,15-17H,4-9,11-12H2,1-3H3,(H,21,24)(H,22,26)(H,23,27)/t15-,16+/m1/s1. The Morgan fingerprint density at radius 2 is 1.96 bits per heavy atom. The summed E-state index contributed by atoms with van der Waals surface area (Å²) >= 11 is 0. The van der Waals surface area contributed by atoms with Crippen molar-refractivity contribution in [3.05, 3.63) is 17.5 Å². The van der Waals surface area contributed by atoms with Crippen molar-refractivity contribution < 1.29 is 14.3 Å². The van der Waals surface area contributed by atoms with Crippen LogP contribution >= 0.6 is 0 Å². The minimum absolute atomic E-state index is 0.0153. The summed E-state index contributed by atoms with van der Waals surface area (Å²) in [6.45, 7) is 8.83. The molecule has 2 aliphatic rings. The Labute approximate surface area is 166 Å². The van der Waals surface area contributed by atoms with Gasteiger partial charge < -0.3 is 15.4 Å². The highest BCUT2D eigenvalue weighted by atomic mass is 16.5. The van der Waals surface area contributed by atoms with Gasteiger partial charge in [-0.1, -0.05) is 0 Å². The number of hydrogen-bond donors (Lipinski definition) is 3. The highest BCUT2D eigenvalue weighted by Gasteiger charge is 2.33. The summed E-state index contributed by atoms with van der Waals surface area (Å²) in [5.74, 6) is -0.0409. The SMILES string of the molecule is Cc1[nH]ncc1C(=O)N[C@H]1CC[C@@H](C(=O)NC(C)C)CN(C2CCOCC2)C1. The molecule has 0 unspecified atom stereocenters. The molecule has 2 atom stereocenters. The maximum atomic E-state index is 12.7. The fourth-order valence-corrected chi connectivity index (χ4v) is 4.15. The van der Waals surface area contributed by atoms with E-state index in [4.69, 9.17) is 4.74 Å². The molecule has 0 radical (unpaired) electrons. The first-order valence-electron chi connectivity index (χ1n) is 10.4. The van der Waals surface area contributed by atoms with Crippen LogP contribution < -0.4 is 10.6 Å². The van der Waals surface area contributed by atoms with Gasteiger partial charge in [0.05, 0.1) is 17.7 Å². The van der Waals surface area contributed by atoms with Crippen LogP contribution in [-0.2, 0) is 9.53 Å². The molecule has 28 heavy (non-hydrogen) atoms. The number of hydrogen-bond acceptors (Lipinski definition) is 5. The van der Waals surface area contributed by atoms with Crippen molar-refractivity contribution in [3.63, 3.8) is 0 Å².